The molecule has 1 fully saturated rings. The predicted octanol–water partition coefficient (Wildman–Crippen LogP) is 0.147. The molecule has 8 heteroatoms. The third-order valence-corrected chi connectivity index (χ3v) is 3.19. The maximum absolute atomic E-state index is 10.9. The Kier molecular flexibility index (Phi) is 3.45. The van der Waals surface area contributed by atoms with Crippen LogP contribution in [-0.2, 0) is 14.8 Å². The highest BCUT2D eigenvalue weighted by atomic mass is 32.2. The Morgan fingerprint density at radius 2 is 2.24 bits per heavy atom. The summed E-state index contributed by atoms with van der Waals surface area (Å²) < 4.78 is 34.9. The van der Waals surface area contributed by atoms with Gasteiger partial charge in [0.05, 0.1) is 12.4 Å². The zero-order valence-corrected chi connectivity index (χ0v) is 10.5. The van der Waals surface area contributed by atoms with Gasteiger partial charge in [0, 0.05) is 6.54 Å². The predicted molar refractivity (Wildman–Crippen MR) is 58.7 cm³/mol. The molecule has 0 saturated carbocycles. The number of nitrogens with zero attached hydrogens (tertiary/aromatic N) is 2. The molecule has 17 heavy (non-hydrogen) atoms. The van der Waals surface area contributed by atoms with Crippen LogP contribution in [0, 0.1) is 6.92 Å². The lowest BCUT2D eigenvalue weighted by atomic mass is 10.2. The van der Waals surface area contributed by atoms with Gasteiger partial charge >= 0.3 is 0 Å². The number of rotatable bonds is 4. The van der Waals surface area contributed by atoms with Crippen molar-refractivity contribution in [2.45, 2.75) is 32.0 Å². The molecule has 0 amide bonds. The summed E-state index contributed by atoms with van der Waals surface area (Å²) in [6.07, 6.45) is 2.30. The quantitative estimate of drug-likeness (QED) is 0.829. The summed E-state index contributed by atoms with van der Waals surface area (Å²) in [6.45, 7) is 2.02. The van der Waals surface area contributed by atoms with E-state index in [0.29, 0.717) is 11.7 Å². The van der Waals surface area contributed by atoms with Crippen LogP contribution < -0.4 is 4.72 Å². The molecule has 0 bridgehead atoms. The standard InChI is InChI=1S/C9H15N3O4S/c1-6-11-9(16-12-6)8-4-3-7(15-8)5-10-17(2,13)14/h7-8,10H,3-5H2,1-2H3/t7-,8-/m0/s1. The number of aryl methyl sites for hydroxylation is 1. The lowest BCUT2D eigenvalue weighted by Crippen LogP contribution is -2.30. The summed E-state index contributed by atoms with van der Waals surface area (Å²) in [6, 6.07) is 0. The summed E-state index contributed by atoms with van der Waals surface area (Å²) in [5, 5.41) is 3.69. The van der Waals surface area contributed by atoms with Crippen LogP contribution in [-0.4, -0.2) is 37.5 Å². The van der Waals surface area contributed by atoms with Gasteiger partial charge in [0.25, 0.3) is 5.89 Å². The molecule has 1 aliphatic rings. The molecule has 96 valence electrons. The lowest BCUT2D eigenvalue weighted by Gasteiger charge is -2.11. The van der Waals surface area contributed by atoms with Gasteiger partial charge in [-0.05, 0) is 19.8 Å². The highest BCUT2D eigenvalue weighted by Gasteiger charge is 2.30. The summed E-state index contributed by atoms with van der Waals surface area (Å²) >= 11 is 0. The zero-order valence-electron chi connectivity index (χ0n) is 9.71. The molecule has 7 nitrogen and oxygen atoms in total. The van der Waals surface area contributed by atoms with E-state index in [0.717, 1.165) is 19.1 Å². The van der Waals surface area contributed by atoms with Crippen LogP contribution in [0.4, 0.5) is 0 Å². The SMILES string of the molecule is Cc1noc([C@@H]2CC[C@@H](CNS(C)(=O)=O)O2)n1. The first-order valence-electron chi connectivity index (χ1n) is 5.34. The third kappa shape index (κ3) is 3.48. The van der Waals surface area contributed by atoms with Crippen molar-refractivity contribution >= 4 is 10.0 Å². The van der Waals surface area contributed by atoms with Gasteiger partial charge in [-0.25, -0.2) is 13.1 Å². The first-order chi connectivity index (χ1) is 7.94. The number of nitrogens with one attached hydrogen (secondary N) is 1. The molecule has 2 rings (SSSR count). The monoisotopic (exact) mass is 261 g/mol. The molecule has 1 aliphatic heterocycles. The van der Waals surface area contributed by atoms with E-state index in [4.69, 9.17) is 9.26 Å². The third-order valence-electron chi connectivity index (χ3n) is 2.50. The van der Waals surface area contributed by atoms with E-state index in [-0.39, 0.29) is 18.8 Å². The molecule has 1 aromatic heterocycles. The molecule has 2 heterocycles. The summed E-state index contributed by atoms with van der Waals surface area (Å²) in [5.41, 5.74) is 0. The van der Waals surface area contributed by atoms with Crippen molar-refractivity contribution in [2.24, 2.45) is 0 Å². The molecule has 0 unspecified atom stereocenters. The fourth-order valence-electron chi connectivity index (χ4n) is 1.73. The van der Waals surface area contributed by atoms with Crippen LogP contribution in [0.1, 0.15) is 30.7 Å². The Balaban J connectivity index is 1.87. The highest BCUT2D eigenvalue weighted by molar-refractivity contribution is 7.88. The zero-order chi connectivity index (χ0) is 12.5. The fourth-order valence-corrected chi connectivity index (χ4v) is 2.21. The molecule has 2 atom stereocenters. The second-order valence-electron chi connectivity index (χ2n) is 4.12. The van der Waals surface area contributed by atoms with E-state index in [2.05, 4.69) is 14.9 Å². The van der Waals surface area contributed by atoms with Crippen LogP contribution in [0.15, 0.2) is 4.52 Å². The van der Waals surface area contributed by atoms with Gasteiger partial charge < -0.3 is 9.26 Å². The van der Waals surface area contributed by atoms with Crippen molar-refractivity contribution in [3.05, 3.63) is 11.7 Å². The van der Waals surface area contributed by atoms with Crippen molar-refractivity contribution in [3.8, 4) is 0 Å². The van der Waals surface area contributed by atoms with Crippen LogP contribution in [0.2, 0.25) is 0 Å². The van der Waals surface area contributed by atoms with E-state index < -0.39 is 10.0 Å². The maximum atomic E-state index is 10.9. The molecular formula is C9H15N3O4S. The van der Waals surface area contributed by atoms with Crippen LogP contribution in [0.5, 0.6) is 0 Å². The van der Waals surface area contributed by atoms with Crippen molar-refractivity contribution in [1.29, 1.82) is 0 Å². The number of aromatic nitrogens is 2. The van der Waals surface area contributed by atoms with E-state index in [9.17, 15) is 8.42 Å². The number of hydrogen-bond donors (Lipinski definition) is 1. The highest BCUT2D eigenvalue weighted by Crippen LogP contribution is 2.31. The van der Waals surface area contributed by atoms with Crippen LogP contribution >= 0.6 is 0 Å². The number of ether oxygens (including phenoxy) is 1. The first-order valence-corrected chi connectivity index (χ1v) is 7.23. The average Bonchev–Trinajstić information content (AvgIpc) is 2.81. The molecule has 1 N–H and O–H groups in total. The van der Waals surface area contributed by atoms with Crippen LogP contribution in [0.25, 0.3) is 0 Å². The second-order valence-corrected chi connectivity index (χ2v) is 5.96. The fraction of sp³-hybridized carbons (Fsp3) is 0.778. The Hall–Kier alpha value is -0.990. The number of sulfonamides is 1. The Labute approximate surface area is 99.6 Å². The van der Waals surface area contributed by atoms with Crippen molar-refractivity contribution in [2.75, 3.05) is 12.8 Å². The lowest BCUT2D eigenvalue weighted by molar-refractivity contribution is 0.0290. The minimum Gasteiger partial charge on any atom is -0.364 e. The summed E-state index contributed by atoms with van der Waals surface area (Å²) in [4.78, 5) is 4.09. The van der Waals surface area contributed by atoms with Crippen molar-refractivity contribution in [3.63, 3.8) is 0 Å². The first kappa shape index (κ1) is 12.5. The largest absolute Gasteiger partial charge is 0.364 e. The van der Waals surface area contributed by atoms with E-state index in [1.54, 1.807) is 6.92 Å². The summed E-state index contributed by atoms with van der Waals surface area (Å²) in [7, 11) is -3.17. The molecule has 0 aromatic carbocycles. The van der Waals surface area contributed by atoms with E-state index in [1.165, 1.54) is 0 Å². The number of hydrogen-bond acceptors (Lipinski definition) is 6. The smallest absolute Gasteiger partial charge is 0.255 e. The topological polar surface area (TPSA) is 94.3 Å². The molecule has 1 saturated heterocycles. The van der Waals surface area contributed by atoms with Crippen LogP contribution in [0.3, 0.4) is 0 Å². The Morgan fingerprint density at radius 1 is 1.47 bits per heavy atom. The average molecular weight is 261 g/mol. The van der Waals surface area contributed by atoms with Gasteiger partial charge in [-0.2, -0.15) is 4.98 Å². The summed E-state index contributed by atoms with van der Waals surface area (Å²) in [5.74, 6) is 1.03. The minimum atomic E-state index is -3.17. The molecular weight excluding hydrogens is 246 g/mol. The van der Waals surface area contributed by atoms with Gasteiger partial charge in [-0.3, -0.25) is 0 Å². The van der Waals surface area contributed by atoms with E-state index in [1.807, 2.05) is 0 Å². The maximum Gasteiger partial charge on any atom is 0.255 e. The van der Waals surface area contributed by atoms with Crippen molar-refractivity contribution < 1.29 is 17.7 Å². The molecule has 1 aromatic rings. The van der Waals surface area contributed by atoms with Crippen molar-refractivity contribution in [1.82, 2.24) is 14.9 Å². The second kappa shape index (κ2) is 4.71. The van der Waals surface area contributed by atoms with Gasteiger partial charge in [0.15, 0.2) is 5.82 Å². The molecule has 0 aliphatic carbocycles. The Bertz CT molecular complexity index is 484. The minimum absolute atomic E-state index is 0.137. The molecule has 0 radical (unpaired) electrons. The van der Waals surface area contributed by atoms with E-state index >= 15 is 0 Å². The van der Waals surface area contributed by atoms with Gasteiger partial charge in [-0.1, -0.05) is 5.16 Å². The Morgan fingerprint density at radius 3 is 2.82 bits per heavy atom. The van der Waals surface area contributed by atoms with Gasteiger partial charge in [0.1, 0.15) is 6.10 Å². The normalized spacial score (nSPS) is 25.3. The van der Waals surface area contributed by atoms with Gasteiger partial charge in [-0.15, -0.1) is 0 Å². The molecule has 0 spiro atoms. The van der Waals surface area contributed by atoms with Gasteiger partial charge in [0.2, 0.25) is 10.0 Å².